The molecule has 3 rings (SSSR count). The molecule has 6 heteroatoms. The van der Waals surface area contributed by atoms with Gasteiger partial charge in [0.05, 0.1) is 12.6 Å². The zero-order valence-corrected chi connectivity index (χ0v) is 13.4. The largest absolute Gasteiger partial charge is 0.379 e. The number of thioether (sulfide) groups is 1. The maximum absolute atomic E-state index is 5.51. The lowest BCUT2D eigenvalue weighted by Crippen LogP contribution is -2.38. The number of aromatic nitrogens is 2. The molecule has 2 aliphatic rings. The third-order valence-electron chi connectivity index (χ3n) is 4.03. The van der Waals surface area contributed by atoms with Crippen molar-refractivity contribution in [3.63, 3.8) is 0 Å². The van der Waals surface area contributed by atoms with E-state index in [0.717, 1.165) is 56.7 Å². The standard InChI is InChI=1S/C15H24N4OS/c1-2-13-10-19(7-9-21-13)15-16-6-5-14(18-15)17-12-4-3-8-20-11-12/h5-6,12-13H,2-4,7-11H2,1H3,(H,16,17,18)/t12-,13-/m0/s1. The smallest absolute Gasteiger partial charge is 0.227 e. The van der Waals surface area contributed by atoms with Crippen LogP contribution in [0.4, 0.5) is 11.8 Å². The maximum atomic E-state index is 5.51. The van der Waals surface area contributed by atoms with Gasteiger partial charge in [-0.3, -0.25) is 0 Å². The molecule has 0 bridgehead atoms. The molecule has 1 aromatic heterocycles. The molecule has 0 spiro atoms. The van der Waals surface area contributed by atoms with E-state index < -0.39 is 0 Å². The summed E-state index contributed by atoms with van der Waals surface area (Å²) in [7, 11) is 0. The Hall–Kier alpha value is -1.01. The van der Waals surface area contributed by atoms with Gasteiger partial charge in [-0.1, -0.05) is 6.92 Å². The van der Waals surface area contributed by atoms with E-state index in [1.54, 1.807) is 0 Å². The molecular weight excluding hydrogens is 284 g/mol. The van der Waals surface area contributed by atoms with Gasteiger partial charge in [0.15, 0.2) is 0 Å². The maximum Gasteiger partial charge on any atom is 0.227 e. The van der Waals surface area contributed by atoms with Gasteiger partial charge in [0.25, 0.3) is 0 Å². The molecule has 0 aromatic carbocycles. The summed E-state index contributed by atoms with van der Waals surface area (Å²) in [6.45, 7) is 6.01. The third kappa shape index (κ3) is 4.01. The Morgan fingerprint density at radius 3 is 3.29 bits per heavy atom. The molecule has 0 radical (unpaired) electrons. The van der Waals surface area contributed by atoms with Gasteiger partial charge in [-0.2, -0.15) is 16.7 Å². The van der Waals surface area contributed by atoms with Crippen LogP contribution in [-0.4, -0.2) is 53.3 Å². The molecule has 1 aromatic rings. The van der Waals surface area contributed by atoms with Gasteiger partial charge in [-0.15, -0.1) is 0 Å². The summed E-state index contributed by atoms with van der Waals surface area (Å²) in [6, 6.07) is 2.33. The fourth-order valence-electron chi connectivity index (χ4n) is 2.79. The second-order valence-corrected chi connectivity index (χ2v) is 7.06. The van der Waals surface area contributed by atoms with E-state index >= 15 is 0 Å². The van der Waals surface area contributed by atoms with Crippen LogP contribution in [0.15, 0.2) is 12.3 Å². The van der Waals surface area contributed by atoms with Crippen molar-refractivity contribution in [3.05, 3.63) is 12.3 Å². The highest BCUT2D eigenvalue weighted by Gasteiger charge is 2.21. The van der Waals surface area contributed by atoms with E-state index in [2.05, 4.69) is 33.9 Å². The normalized spacial score (nSPS) is 26.6. The van der Waals surface area contributed by atoms with Crippen LogP contribution >= 0.6 is 11.8 Å². The highest BCUT2D eigenvalue weighted by Crippen LogP contribution is 2.24. The average molecular weight is 308 g/mol. The number of nitrogens with one attached hydrogen (secondary N) is 1. The molecule has 21 heavy (non-hydrogen) atoms. The average Bonchev–Trinajstić information content (AvgIpc) is 2.56. The summed E-state index contributed by atoms with van der Waals surface area (Å²) in [5.41, 5.74) is 0. The van der Waals surface area contributed by atoms with E-state index in [-0.39, 0.29) is 0 Å². The predicted molar refractivity (Wildman–Crippen MR) is 88.2 cm³/mol. The molecule has 0 saturated carbocycles. The minimum Gasteiger partial charge on any atom is -0.379 e. The third-order valence-corrected chi connectivity index (χ3v) is 5.40. The van der Waals surface area contributed by atoms with Crippen molar-refractivity contribution in [2.24, 2.45) is 0 Å². The van der Waals surface area contributed by atoms with Gasteiger partial charge < -0.3 is 15.0 Å². The van der Waals surface area contributed by atoms with Crippen LogP contribution in [0.5, 0.6) is 0 Å². The van der Waals surface area contributed by atoms with Crippen LogP contribution < -0.4 is 10.2 Å². The van der Waals surface area contributed by atoms with Crippen LogP contribution in [0.1, 0.15) is 26.2 Å². The monoisotopic (exact) mass is 308 g/mol. The Balaban J connectivity index is 1.64. The first-order valence-corrected chi connectivity index (χ1v) is 8.94. The van der Waals surface area contributed by atoms with Crippen molar-refractivity contribution in [2.75, 3.05) is 42.3 Å². The summed E-state index contributed by atoms with van der Waals surface area (Å²) < 4.78 is 5.51. The molecule has 1 N–H and O–H groups in total. The Labute approximate surface area is 130 Å². The Morgan fingerprint density at radius 1 is 1.52 bits per heavy atom. The van der Waals surface area contributed by atoms with E-state index in [9.17, 15) is 0 Å². The minimum atomic E-state index is 0.377. The highest BCUT2D eigenvalue weighted by atomic mass is 32.2. The second-order valence-electron chi connectivity index (χ2n) is 5.65. The summed E-state index contributed by atoms with van der Waals surface area (Å²) in [6.07, 6.45) is 5.34. The minimum absolute atomic E-state index is 0.377. The van der Waals surface area contributed by atoms with E-state index in [1.165, 1.54) is 6.42 Å². The summed E-state index contributed by atoms with van der Waals surface area (Å²) in [4.78, 5) is 11.5. The SMILES string of the molecule is CC[C@H]1CN(c2nccc(N[C@H]3CCCOC3)n2)CCS1. The fourth-order valence-corrected chi connectivity index (χ4v) is 3.97. The van der Waals surface area contributed by atoms with Crippen molar-refractivity contribution >= 4 is 23.5 Å². The fraction of sp³-hybridized carbons (Fsp3) is 0.733. The first kappa shape index (κ1) is 14.9. The van der Waals surface area contributed by atoms with E-state index in [4.69, 9.17) is 9.72 Å². The van der Waals surface area contributed by atoms with Gasteiger partial charge in [0.2, 0.25) is 5.95 Å². The topological polar surface area (TPSA) is 50.3 Å². The zero-order valence-electron chi connectivity index (χ0n) is 12.6. The van der Waals surface area contributed by atoms with Gasteiger partial charge >= 0.3 is 0 Å². The number of nitrogens with zero attached hydrogens (tertiary/aromatic N) is 3. The Bertz CT molecular complexity index is 453. The molecule has 0 amide bonds. The molecule has 116 valence electrons. The lowest BCUT2D eigenvalue weighted by atomic mass is 10.1. The molecule has 2 aliphatic heterocycles. The van der Waals surface area contributed by atoms with Gasteiger partial charge in [-0.25, -0.2) is 4.98 Å². The van der Waals surface area contributed by atoms with Crippen molar-refractivity contribution in [2.45, 2.75) is 37.5 Å². The van der Waals surface area contributed by atoms with E-state index in [0.29, 0.717) is 11.3 Å². The Kier molecular flexibility index (Phi) is 5.19. The van der Waals surface area contributed by atoms with E-state index in [1.807, 2.05) is 12.3 Å². The molecule has 5 nitrogen and oxygen atoms in total. The number of rotatable bonds is 4. The van der Waals surface area contributed by atoms with Gasteiger partial charge in [0, 0.05) is 36.9 Å². The van der Waals surface area contributed by atoms with Crippen molar-refractivity contribution in [1.29, 1.82) is 0 Å². The van der Waals surface area contributed by atoms with Crippen LogP contribution in [-0.2, 0) is 4.74 Å². The summed E-state index contributed by atoms with van der Waals surface area (Å²) >= 11 is 2.06. The van der Waals surface area contributed by atoms with Crippen LogP contribution in [0, 0.1) is 0 Å². The van der Waals surface area contributed by atoms with Crippen LogP contribution in [0.3, 0.4) is 0 Å². The van der Waals surface area contributed by atoms with Gasteiger partial charge in [-0.05, 0) is 25.3 Å². The van der Waals surface area contributed by atoms with Crippen molar-refractivity contribution in [1.82, 2.24) is 9.97 Å². The lowest BCUT2D eigenvalue weighted by molar-refractivity contribution is 0.0875. The molecule has 2 fully saturated rings. The Morgan fingerprint density at radius 2 is 2.48 bits per heavy atom. The molecular formula is C15H24N4OS. The highest BCUT2D eigenvalue weighted by molar-refractivity contribution is 8.00. The predicted octanol–water partition coefficient (Wildman–Crippen LogP) is 2.40. The molecule has 0 unspecified atom stereocenters. The quantitative estimate of drug-likeness (QED) is 0.922. The summed E-state index contributed by atoms with van der Waals surface area (Å²) in [5, 5.41) is 4.18. The first-order chi connectivity index (χ1) is 10.3. The van der Waals surface area contributed by atoms with Gasteiger partial charge in [0.1, 0.15) is 5.82 Å². The molecule has 3 heterocycles. The first-order valence-electron chi connectivity index (χ1n) is 7.89. The number of hydrogen-bond acceptors (Lipinski definition) is 6. The molecule has 2 atom stereocenters. The molecule has 0 aliphatic carbocycles. The number of hydrogen-bond donors (Lipinski definition) is 1. The number of ether oxygens (including phenoxy) is 1. The molecule has 2 saturated heterocycles. The second kappa shape index (κ2) is 7.31. The van der Waals surface area contributed by atoms with Crippen LogP contribution in [0.2, 0.25) is 0 Å². The lowest BCUT2D eigenvalue weighted by Gasteiger charge is -2.32. The number of anilines is 2. The van der Waals surface area contributed by atoms with Crippen molar-refractivity contribution in [3.8, 4) is 0 Å². The summed E-state index contributed by atoms with van der Waals surface area (Å²) in [5.74, 6) is 2.94. The zero-order chi connectivity index (χ0) is 14.5. The van der Waals surface area contributed by atoms with Crippen molar-refractivity contribution < 1.29 is 4.74 Å². The van der Waals surface area contributed by atoms with Crippen LogP contribution in [0.25, 0.3) is 0 Å².